The smallest absolute Gasteiger partial charge is 0.268 e. The Labute approximate surface area is 165 Å². The molecule has 136 valence electrons. The first-order valence-electron chi connectivity index (χ1n) is 8.83. The lowest BCUT2D eigenvalue weighted by Gasteiger charge is -2.14. The third-order valence-corrected chi connectivity index (χ3v) is 6.61. The summed E-state index contributed by atoms with van der Waals surface area (Å²) in [6.45, 7) is 4.12. The number of rotatable bonds is 5. The molecule has 1 saturated heterocycles. The molecule has 3 heterocycles. The number of aryl methyl sites for hydroxylation is 1. The summed E-state index contributed by atoms with van der Waals surface area (Å²) in [5, 5.41) is 5.12. The van der Waals surface area contributed by atoms with Crippen LogP contribution in [0.3, 0.4) is 0 Å². The minimum Gasteiger partial charge on any atom is -0.376 e. The molecule has 1 N–H and O–H groups in total. The Kier molecular flexibility index (Phi) is 5.16. The molecule has 2 aromatic heterocycles. The molecule has 0 aliphatic carbocycles. The molecule has 1 aliphatic rings. The van der Waals surface area contributed by atoms with Gasteiger partial charge in [-0.05, 0) is 47.3 Å². The second-order valence-electron chi connectivity index (χ2n) is 6.74. The minimum absolute atomic E-state index is 0.0390. The van der Waals surface area contributed by atoms with E-state index in [1.165, 1.54) is 11.1 Å². The number of benzene rings is 1. The maximum atomic E-state index is 12.8. The van der Waals surface area contributed by atoms with E-state index in [4.69, 9.17) is 4.74 Å². The highest BCUT2D eigenvalue weighted by Gasteiger charge is 2.21. The van der Waals surface area contributed by atoms with E-state index in [0.29, 0.717) is 18.8 Å². The molecule has 3 aromatic rings. The molecular formula is C20H21BrN2O2S. The van der Waals surface area contributed by atoms with Gasteiger partial charge in [-0.1, -0.05) is 29.8 Å². The first-order valence-corrected chi connectivity index (χ1v) is 10.5. The fourth-order valence-corrected chi connectivity index (χ4v) is 5.05. The number of nitrogens with one attached hydrogen (secondary N) is 1. The Hall–Kier alpha value is -1.63. The molecule has 1 fully saturated rings. The van der Waals surface area contributed by atoms with Gasteiger partial charge in [-0.2, -0.15) is 0 Å². The van der Waals surface area contributed by atoms with Crippen molar-refractivity contribution in [3.8, 4) is 0 Å². The highest BCUT2D eigenvalue weighted by Crippen LogP contribution is 2.33. The number of aromatic nitrogens is 1. The van der Waals surface area contributed by atoms with E-state index in [1.807, 2.05) is 6.07 Å². The standard InChI is InChI=1S/C20H21BrN2O2S/c1-13-4-6-14(7-5-13)11-23-17(9-18-19(23)16(21)12-26-18)20(24)22-10-15-3-2-8-25-15/h4-7,9,12,15H,2-3,8,10-11H2,1H3,(H,22,24)/t15-/m1/s1. The number of hydrogen-bond acceptors (Lipinski definition) is 3. The summed E-state index contributed by atoms with van der Waals surface area (Å²) in [7, 11) is 0. The van der Waals surface area contributed by atoms with E-state index in [-0.39, 0.29) is 12.0 Å². The number of ether oxygens (including phenoxy) is 1. The van der Waals surface area contributed by atoms with E-state index in [9.17, 15) is 4.79 Å². The Morgan fingerprint density at radius 2 is 2.19 bits per heavy atom. The number of amides is 1. The van der Waals surface area contributed by atoms with Crippen LogP contribution < -0.4 is 5.32 Å². The monoisotopic (exact) mass is 432 g/mol. The summed E-state index contributed by atoms with van der Waals surface area (Å²) in [6, 6.07) is 10.4. The maximum Gasteiger partial charge on any atom is 0.268 e. The second kappa shape index (κ2) is 7.55. The third-order valence-electron chi connectivity index (χ3n) is 4.79. The zero-order valence-corrected chi connectivity index (χ0v) is 17.0. The molecule has 4 rings (SSSR count). The maximum absolute atomic E-state index is 12.8. The van der Waals surface area contributed by atoms with Crippen molar-refractivity contribution < 1.29 is 9.53 Å². The Bertz CT molecular complexity index is 923. The molecule has 0 radical (unpaired) electrons. The van der Waals surface area contributed by atoms with Gasteiger partial charge in [0.1, 0.15) is 5.69 Å². The van der Waals surface area contributed by atoms with Crippen LogP contribution in [0.4, 0.5) is 0 Å². The van der Waals surface area contributed by atoms with E-state index >= 15 is 0 Å². The quantitative estimate of drug-likeness (QED) is 0.632. The number of halogens is 1. The van der Waals surface area contributed by atoms with Gasteiger partial charge >= 0.3 is 0 Å². The average Bonchev–Trinajstić information content (AvgIpc) is 3.34. The first kappa shape index (κ1) is 17.8. The Morgan fingerprint density at radius 1 is 1.38 bits per heavy atom. The zero-order valence-electron chi connectivity index (χ0n) is 14.6. The molecule has 4 nitrogen and oxygen atoms in total. The summed E-state index contributed by atoms with van der Waals surface area (Å²) in [6.07, 6.45) is 2.24. The lowest BCUT2D eigenvalue weighted by Crippen LogP contribution is -2.33. The molecule has 0 unspecified atom stereocenters. The van der Waals surface area contributed by atoms with Gasteiger partial charge in [-0.15, -0.1) is 11.3 Å². The zero-order chi connectivity index (χ0) is 18.1. The van der Waals surface area contributed by atoms with Crippen LogP contribution in [0, 0.1) is 6.92 Å². The predicted molar refractivity (Wildman–Crippen MR) is 109 cm³/mol. The van der Waals surface area contributed by atoms with Gasteiger partial charge < -0.3 is 14.6 Å². The van der Waals surface area contributed by atoms with Crippen molar-refractivity contribution in [1.82, 2.24) is 9.88 Å². The average molecular weight is 433 g/mol. The molecular weight excluding hydrogens is 412 g/mol. The van der Waals surface area contributed by atoms with Gasteiger partial charge in [0, 0.05) is 25.1 Å². The molecule has 1 atom stereocenters. The van der Waals surface area contributed by atoms with Gasteiger partial charge in [0.2, 0.25) is 0 Å². The number of fused-ring (bicyclic) bond motifs is 1. The van der Waals surface area contributed by atoms with E-state index in [0.717, 1.165) is 34.1 Å². The summed E-state index contributed by atoms with van der Waals surface area (Å²) >= 11 is 5.29. The molecule has 26 heavy (non-hydrogen) atoms. The number of thiophene rings is 1. The van der Waals surface area contributed by atoms with Gasteiger partial charge in [0.15, 0.2) is 0 Å². The predicted octanol–water partition coefficient (Wildman–Crippen LogP) is 4.73. The Morgan fingerprint density at radius 3 is 2.92 bits per heavy atom. The lowest BCUT2D eigenvalue weighted by molar-refractivity contribution is 0.0851. The SMILES string of the molecule is Cc1ccc(Cn2c(C(=O)NC[C@H]3CCCO3)cc3scc(Br)c32)cc1. The van der Waals surface area contributed by atoms with Crippen LogP contribution in [0.15, 0.2) is 40.2 Å². The van der Waals surface area contributed by atoms with Crippen LogP contribution in [0.25, 0.3) is 10.2 Å². The van der Waals surface area contributed by atoms with Crippen molar-refractivity contribution in [2.24, 2.45) is 0 Å². The minimum atomic E-state index is -0.0390. The van der Waals surface area contributed by atoms with Crippen LogP contribution >= 0.6 is 27.3 Å². The summed E-state index contributed by atoms with van der Waals surface area (Å²) in [5.74, 6) is -0.0390. The van der Waals surface area contributed by atoms with Crippen LogP contribution in [0.1, 0.15) is 34.5 Å². The normalized spacial score (nSPS) is 17.1. The lowest BCUT2D eigenvalue weighted by atomic mass is 10.1. The van der Waals surface area contributed by atoms with Gasteiger partial charge in [-0.25, -0.2) is 0 Å². The van der Waals surface area contributed by atoms with Crippen molar-refractivity contribution in [2.45, 2.75) is 32.4 Å². The molecule has 0 spiro atoms. The van der Waals surface area contributed by atoms with Gasteiger partial charge in [-0.3, -0.25) is 4.79 Å². The highest BCUT2D eigenvalue weighted by molar-refractivity contribution is 9.10. The van der Waals surface area contributed by atoms with Crippen molar-refractivity contribution in [2.75, 3.05) is 13.2 Å². The summed E-state index contributed by atoms with van der Waals surface area (Å²) in [5.41, 5.74) is 4.20. The van der Waals surface area contributed by atoms with Gasteiger partial charge in [0.05, 0.1) is 20.8 Å². The number of carbonyl (C=O) groups excluding carboxylic acids is 1. The molecule has 6 heteroatoms. The van der Waals surface area contributed by atoms with E-state index < -0.39 is 0 Å². The third kappa shape index (κ3) is 3.59. The number of nitrogens with zero attached hydrogens (tertiary/aromatic N) is 1. The van der Waals surface area contributed by atoms with Crippen LogP contribution in [0.5, 0.6) is 0 Å². The molecule has 1 aliphatic heterocycles. The summed E-state index contributed by atoms with van der Waals surface area (Å²) < 4.78 is 9.86. The van der Waals surface area contributed by atoms with Crippen molar-refractivity contribution >= 4 is 43.4 Å². The fourth-order valence-electron chi connectivity index (χ4n) is 3.36. The number of carbonyl (C=O) groups is 1. The highest BCUT2D eigenvalue weighted by atomic mass is 79.9. The van der Waals surface area contributed by atoms with E-state index in [1.54, 1.807) is 11.3 Å². The second-order valence-corrected chi connectivity index (χ2v) is 8.51. The van der Waals surface area contributed by atoms with Crippen molar-refractivity contribution in [3.63, 3.8) is 0 Å². The van der Waals surface area contributed by atoms with Crippen molar-refractivity contribution in [1.29, 1.82) is 0 Å². The fraction of sp³-hybridized carbons (Fsp3) is 0.350. The first-order chi connectivity index (χ1) is 12.6. The van der Waals surface area contributed by atoms with Gasteiger partial charge in [0.25, 0.3) is 5.91 Å². The molecule has 1 aromatic carbocycles. The largest absolute Gasteiger partial charge is 0.376 e. The van der Waals surface area contributed by atoms with Crippen LogP contribution in [-0.4, -0.2) is 29.7 Å². The molecule has 0 bridgehead atoms. The van der Waals surface area contributed by atoms with Crippen LogP contribution in [0.2, 0.25) is 0 Å². The number of hydrogen-bond donors (Lipinski definition) is 1. The van der Waals surface area contributed by atoms with Crippen LogP contribution in [-0.2, 0) is 11.3 Å². The summed E-state index contributed by atoms with van der Waals surface area (Å²) in [4.78, 5) is 12.8. The topological polar surface area (TPSA) is 43.3 Å². The molecule has 0 saturated carbocycles. The molecule has 1 amide bonds. The van der Waals surface area contributed by atoms with E-state index in [2.05, 4.69) is 62.4 Å². The Balaban J connectivity index is 1.62. The van der Waals surface area contributed by atoms with Crippen molar-refractivity contribution in [3.05, 3.63) is 57.0 Å².